The molecule has 13 heteroatoms. The van der Waals surface area contributed by atoms with Crippen molar-refractivity contribution in [1.29, 1.82) is 0 Å². The van der Waals surface area contributed by atoms with Crippen LogP contribution in [0.3, 0.4) is 0 Å². The second kappa shape index (κ2) is 8.41. The summed E-state index contributed by atoms with van der Waals surface area (Å²) in [5.74, 6) is -0.589. The Kier molecular flexibility index (Phi) is 5.40. The summed E-state index contributed by atoms with van der Waals surface area (Å²) in [6.07, 6.45) is 2.81. The summed E-state index contributed by atoms with van der Waals surface area (Å²) >= 11 is 0. The number of primary amides is 1. The molecule has 13 nitrogen and oxygen atoms in total. The SMILES string of the molecule is COc1nc2nc(C)nn2cc1N1c2nccc(N3CCN[C@@H](C)C3)c2CC1OC(=O)C(N)=O. The van der Waals surface area contributed by atoms with Gasteiger partial charge in [0.05, 0.1) is 13.3 Å². The van der Waals surface area contributed by atoms with Gasteiger partial charge in [-0.2, -0.15) is 15.1 Å². The molecule has 5 heterocycles. The number of rotatable bonds is 4. The molecule has 0 radical (unpaired) electrons. The number of esters is 1. The van der Waals surface area contributed by atoms with Crippen LogP contribution >= 0.6 is 0 Å². The molecule has 0 bridgehead atoms. The van der Waals surface area contributed by atoms with Gasteiger partial charge in [0.15, 0.2) is 6.23 Å². The Balaban J connectivity index is 1.64. The first-order valence-corrected chi connectivity index (χ1v) is 10.9. The largest absolute Gasteiger partial charge is 0.479 e. The zero-order chi connectivity index (χ0) is 24.0. The van der Waals surface area contributed by atoms with E-state index in [1.54, 1.807) is 24.2 Å². The second-order valence-electron chi connectivity index (χ2n) is 8.27. The molecule has 3 aromatic heterocycles. The molecule has 5 rings (SSSR count). The highest BCUT2D eigenvalue weighted by molar-refractivity contribution is 6.31. The van der Waals surface area contributed by atoms with Crippen LogP contribution in [0.15, 0.2) is 18.5 Å². The average Bonchev–Trinajstić information content (AvgIpc) is 3.36. The monoisotopic (exact) mass is 467 g/mol. The molecule has 1 amide bonds. The molecule has 0 aliphatic carbocycles. The normalized spacial score (nSPS) is 19.9. The fourth-order valence-electron chi connectivity index (χ4n) is 4.49. The lowest BCUT2D eigenvalue weighted by atomic mass is 10.1. The molecule has 1 unspecified atom stereocenters. The Hall–Kier alpha value is -4.00. The number of nitrogens with zero attached hydrogens (tertiary/aromatic N) is 7. The standard InChI is InChI=1S/C21H25N9O4/c1-11-9-28(7-6-23-11)14-4-5-24-18-13(14)8-16(34-20(32)17(22)31)30(18)15-10-29-21(25-12(2)27-29)26-19(15)33-3/h4-5,10-11,16,23H,6-9H2,1-3H3,(H2,22,31)/t11-,16?/m0/s1. The van der Waals surface area contributed by atoms with E-state index in [1.165, 1.54) is 11.6 Å². The summed E-state index contributed by atoms with van der Waals surface area (Å²) in [6.45, 7) is 6.37. The number of carbonyl (C=O) groups is 2. The summed E-state index contributed by atoms with van der Waals surface area (Å²) in [5, 5.41) is 7.77. The summed E-state index contributed by atoms with van der Waals surface area (Å²) in [6, 6.07) is 2.27. The lowest BCUT2D eigenvalue weighted by molar-refractivity contribution is -0.157. The van der Waals surface area contributed by atoms with E-state index in [1.807, 2.05) is 6.07 Å². The van der Waals surface area contributed by atoms with Gasteiger partial charge in [0.25, 0.3) is 5.78 Å². The van der Waals surface area contributed by atoms with E-state index in [0.717, 1.165) is 30.9 Å². The van der Waals surface area contributed by atoms with Crippen molar-refractivity contribution in [2.45, 2.75) is 32.5 Å². The van der Waals surface area contributed by atoms with Crippen molar-refractivity contribution in [3.8, 4) is 5.88 Å². The lowest BCUT2D eigenvalue weighted by Crippen LogP contribution is -2.49. The molecule has 0 aromatic carbocycles. The first-order valence-electron chi connectivity index (χ1n) is 10.9. The van der Waals surface area contributed by atoms with Gasteiger partial charge in [0, 0.05) is 49.5 Å². The van der Waals surface area contributed by atoms with Crippen LogP contribution in [0.4, 0.5) is 17.2 Å². The molecule has 3 aromatic rings. The molecule has 0 spiro atoms. The molecule has 1 saturated heterocycles. The molecular weight excluding hydrogens is 442 g/mol. The third kappa shape index (κ3) is 3.73. The Morgan fingerprint density at radius 2 is 2.09 bits per heavy atom. The first kappa shape index (κ1) is 21.8. The molecule has 0 saturated carbocycles. The minimum absolute atomic E-state index is 0.246. The van der Waals surface area contributed by atoms with Crippen LogP contribution < -0.4 is 25.6 Å². The van der Waals surface area contributed by atoms with Crippen molar-refractivity contribution in [2.24, 2.45) is 5.73 Å². The quantitative estimate of drug-likeness (QED) is 0.383. The molecule has 3 N–H and O–H groups in total. The summed E-state index contributed by atoms with van der Waals surface area (Å²) in [5.41, 5.74) is 7.51. The third-order valence-corrected chi connectivity index (χ3v) is 5.89. The zero-order valence-electron chi connectivity index (χ0n) is 19.1. The van der Waals surface area contributed by atoms with E-state index in [-0.39, 0.29) is 5.88 Å². The molecule has 34 heavy (non-hydrogen) atoms. The van der Waals surface area contributed by atoms with Crippen molar-refractivity contribution in [3.05, 3.63) is 29.8 Å². The highest BCUT2D eigenvalue weighted by Crippen LogP contribution is 2.44. The number of nitrogens with one attached hydrogen (secondary N) is 1. The van der Waals surface area contributed by atoms with Gasteiger partial charge in [0.2, 0.25) is 5.88 Å². The van der Waals surface area contributed by atoms with Crippen LogP contribution in [-0.4, -0.2) is 75.5 Å². The van der Waals surface area contributed by atoms with E-state index < -0.39 is 18.1 Å². The van der Waals surface area contributed by atoms with Crippen LogP contribution in [-0.2, 0) is 20.7 Å². The minimum atomic E-state index is -1.17. The Morgan fingerprint density at radius 1 is 1.26 bits per heavy atom. The number of carbonyl (C=O) groups excluding carboxylic acids is 2. The van der Waals surface area contributed by atoms with Gasteiger partial charge in [-0.3, -0.25) is 9.69 Å². The zero-order valence-corrected chi connectivity index (χ0v) is 19.1. The minimum Gasteiger partial charge on any atom is -0.479 e. The predicted molar refractivity (Wildman–Crippen MR) is 121 cm³/mol. The average molecular weight is 467 g/mol. The lowest BCUT2D eigenvalue weighted by Gasteiger charge is -2.34. The van der Waals surface area contributed by atoms with Crippen LogP contribution in [0, 0.1) is 6.92 Å². The van der Waals surface area contributed by atoms with E-state index in [9.17, 15) is 9.59 Å². The van der Waals surface area contributed by atoms with Crippen molar-refractivity contribution in [2.75, 3.05) is 36.5 Å². The van der Waals surface area contributed by atoms with Crippen molar-refractivity contribution in [1.82, 2.24) is 29.9 Å². The number of fused-ring (bicyclic) bond motifs is 2. The molecule has 178 valence electrons. The van der Waals surface area contributed by atoms with Gasteiger partial charge in [-0.15, -0.1) is 0 Å². The number of aryl methyl sites for hydroxylation is 1. The van der Waals surface area contributed by atoms with E-state index >= 15 is 0 Å². The van der Waals surface area contributed by atoms with Gasteiger partial charge in [-0.25, -0.2) is 14.3 Å². The van der Waals surface area contributed by atoms with Crippen LogP contribution in [0.25, 0.3) is 5.78 Å². The highest BCUT2D eigenvalue weighted by Gasteiger charge is 2.40. The van der Waals surface area contributed by atoms with Crippen molar-refractivity contribution in [3.63, 3.8) is 0 Å². The predicted octanol–water partition coefficient (Wildman–Crippen LogP) is -0.317. The third-order valence-electron chi connectivity index (χ3n) is 5.89. The topological polar surface area (TPSA) is 153 Å². The Bertz CT molecular complexity index is 1280. The number of amides is 1. The molecule has 1 fully saturated rings. The van der Waals surface area contributed by atoms with E-state index in [4.69, 9.17) is 15.2 Å². The maximum Gasteiger partial charge on any atom is 0.398 e. The number of hydrogen-bond acceptors (Lipinski definition) is 11. The number of hydrogen-bond donors (Lipinski definition) is 2. The van der Waals surface area contributed by atoms with Crippen molar-refractivity contribution < 1.29 is 19.1 Å². The molecule has 2 aliphatic rings. The van der Waals surface area contributed by atoms with Crippen molar-refractivity contribution >= 4 is 34.8 Å². The Morgan fingerprint density at radius 3 is 2.82 bits per heavy atom. The fourth-order valence-corrected chi connectivity index (χ4v) is 4.49. The first-order chi connectivity index (χ1) is 16.4. The summed E-state index contributed by atoms with van der Waals surface area (Å²) in [4.78, 5) is 41.0. The second-order valence-corrected chi connectivity index (χ2v) is 8.27. The van der Waals surface area contributed by atoms with Crippen LogP contribution in [0.1, 0.15) is 18.3 Å². The van der Waals surface area contributed by atoms with Crippen LogP contribution in [0.5, 0.6) is 5.88 Å². The number of anilines is 3. The van der Waals surface area contributed by atoms with E-state index in [2.05, 4.69) is 37.2 Å². The number of ether oxygens (including phenoxy) is 2. The number of nitrogens with two attached hydrogens (primary N) is 1. The molecule has 2 aliphatic heterocycles. The highest BCUT2D eigenvalue weighted by atomic mass is 16.6. The van der Waals surface area contributed by atoms with E-state index in [0.29, 0.717) is 35.6 Å². The van der Waals surface area contributed by atoms with Gasteiger partial charge in [0.1, 0.15) is 17.3 Å². The number of aromatic nitrogens is 5. The molecular formula is C21H25N9O4. The van der Waals surface area contributed by atoms with Gasteiger partial charge < -0.3 is 25.4 Å². The molecule has 2 atom stereocenters. The summed E-state index contributed by atoms with van der Waals surface area (Å²) < 4.78 is 12.6. The summed E-state index contributed by atoms with van der Waals surface area (Å²) in [7, 11) is 1.49. The number of pyridine rings is 1. The van der Waals surface area contributed by atoms with Crippen LogP contribution in [0.2, 0.25) is 0 Å². The van der Waals surface area contributed by atoms with Gasteiger partial charge in [-0.1, -0.05) is 0 Å². The van der Waals surface area contributed by atoms with Gasteiger partial charge >= 0.3 is 11.9 Å². The maximum absolute atomic E-state index is 12.2. The Labute approximate surface area is 194 Å². The fraction of sp³-hybridized carbons (Fsp3) is 0.429. The number of methoxy groups -OCH3 is 1. The number of piperazine rings is 1. The smallest absolute Gasteiger partial charge is 0.398 e. The van der Waals surface area contributed by atoms with Gasteiger partial charge in [-0.05, 0) is 19.9 Å². The maximum atomic E-state index is 12.2.